The number of nitrogens with one attached hydrogen (secondary N) is 1. The molecule has 4 heteroatoms. The van der Waals surface area contributed by atoms with Gasteiger partial charge in [0.1, 0.15) is 0 Å². The van der Waals surface area contributed by atoms with Crippen molar-refractivity contribution in [1.82, 2.24) is 5.32 Å². The fraction of sp³-hybridized carbons (Fsp3) is 1.00. The average Bonchev–Trinajstić information content (AvgIpc) is 2.81. The van der Waals surface area contributed by atoms with Crippen molar-refractivity contribution in [3.8, 4) is 0 Å². The number of ether oxygens (including phenoxy) is 3. The first-order valence-corrected chi connectivity index (χ1v) is 6.54. The third-order valence-corrected chi connectivity index (χ3v) is 3.48. The lowest BCUT2D eigenvalue weighted by Gasteiger charge is -2.33. The summed E-state index contributed by atoms with van der Waals surface area (Å²) in [6, 6.07) is 0.222. The summed E-state index contributed by atoms with van der Waals surface area (Å²) in [6.07, 6.45) is 1.12. The molecule has 1 rings (SSSR count). The molecule has 0 radical (unpaired) electrons. The van der Waals surface area contributed by atoms with E-state index in [-0.39, 0.29) is 11.6 Å². The van der Waals surface area contributed by atoms with Crippen LogP contribution < -0.4 is 5.32 Å². The van der Waals surface area contributed by atoms with Gasteiger partial charge in [0.25, 0.3) is 0 Å². The minimum atomic E-state index is -0.206. The van der Waals surface area contributed by atoms with Crippen LogP contribution >= 0.6 is 0 Å². The number of methoxy groups -OCH3 is 1. The molecule has 0 aromatic rings. The molecule has 0 spiro atoms. The highest BCUT2D eigenvalue weighted by molar-refractivity contribution is 4.85. The highest BCUT2D eigenvalue weighted by Gasteiger charge is 2.29. The Kier molecular flexibility index (Phi) is 6.41. The zero-order valence-electron chi connectivity index (χ0n) is 11.6. The molecule has 17 heavy (non-hydrogen) atoms. The monoisotopic (exact) mass is 245 g/mol. The molecular weight excluding hydrogens is 218 g/mol. The zero-order valence-corrected chi connectivity index (χ0v) is 11.6. The van der Waals surface area contributed by atoms with Crippen LogP contribution in [0.5, 0.6) is 0 Å². The van der Waals surface area contributed by atoms with Gasteiger partial charge in [-0.2, -0.15) is 0 Å². The third-order valence-electron chi connectivity index (χ3n) is 3.48. The van der Waals surface area contributed by atoms with Crippen LogP contribution in [-0.2, 0) is 14.2 Å². The molecule has 1 heterocycles. The van der Waals surface area contributed by atoms with Crippen molar-refractivity contribution in [1.29, 1.82) is 0 Å². The molecule has 1 N–H and O–H groups in total. The van der Waals surface area contributed by atoms with E-state index in [4.69, 9.17) is 14.2 Å². The van der Waals surface area contributed by atoms with Crippen molar-refractivity contribution >= 4 is 0 Å². The van der Waals surface area contributed by atoms with Crippen LogP contribution in [0, 0.1) is 5.92 Å². The summed E-state index contributed by atoms with van der Waals surface area (Å²) in [5, 5.41) is 3.42. The number of hydrogen-bond donors (Lipinski definition) is 1. The van der Waals surface area contributed by atoms with E-state index in [1.54, 1.807) is 7.11 Å². The fourth-order valence-corrected chi connectivity index (χ4v) is 1.96. The molecule has 0 bridgehead atoms. The third kappa shape index (κ3) is 4.92. The van der Waals surface area contributed by atoms with Gasteiger partial charge in [-0.3, -0.25) is 0 Å². The molecule has 0 aliphatic carbocycles. The Morgan fingerprint density at radius 2 is 2.24 bits per heavy atom. The van der Waals surface area contributed by atoms with Gasteiger partial charge in [0.05, 0.1) is 31.5 Å². The van der Waals surface area contributed by atoms with E-state index in [0.717, 1.165) is 32.8 Å². The minimum absolute atomic E-state index is 0.206. The summed E-state index contributed by atoms with van der Waals surface area (Å²) < 4.78 is 16.6. The maximum absolute atomic E-state index is 5.80. The Hall–Kier alpha value is -0.160. The lowest BCUT2D eigenvalue weighted by molar-refractivity contribution is -0.0424. The molecule has 0 aromatic heterocycles. The van der Waals surface area contributed by atoms with E-state index in [1.807, 2.05) is 0 Å². The summed E-state index contributed by atoms with van der Waals surface area (Å²) in [5.41, 5.74) is -0.206. The largest absolute Gasteiger partial charge is 0.381 e. The van der Waals surface area contributed by atoms with Gasteiger partial charge in [-0.1, -0.05) is 6.92 Å². The van der Waals surface area contributed by atoms with Crippen molar-refractivity contribution in [3.05, 3.63) is 0 Å². The predicted molar refractivity (Wildman–Crippen MR) is 68.3 cm³/mol. The second-order valence-corrected chi connectivity index (χ2v) is 5.18. The Morgan fingerprint density at radius 3 is 2.76 bits per heavy atom. The second-order valence-electron chi connectivity index (χ2n) is 5.18. The van der Waals surface area contributed by atoms with Gasteiger partial charge < -0.3 is 19.5 Å². The first-order valence-electron chi connectivity index (χ1n) is 6.54. The summed E-state index contributed by atoms with van der Waals surface area (Å²) in [6.45, 7) is 10.4. The maximum Gasteiger partial charge on any atom is 0.0797 e. The molecule has 1 aliphatic rings. The predicted octanol–water partition coefficient (Wildman–Crippen LogP) is 1.44. The van der Waals surface area contributed by atoms with Crippen LogP contribution in [0.1, 0.15) is 27.2 Å². The standard InChI is InChI=1S/C13H27NO3/c1-5-14-12(13(2,3)15-4)10-17-9-11-6-7-16-8-11/h11-12,14H,5-10H2,1-4H3. The van der Waals surface area contributed by atoms with Crippen LogP contribution in [0.15, 0.2) is 0 Å². The molecule has 0 aromatic carbocycles. The quantitative estimate of drug-likeness (QED) is 0.702. The van der Waals surface area contributed by atoms with E-state index in [1.165, 1.54) is 0 Å². The number of hydrogen-bond acceptors (Lipinski definition) is 4. The van der Waals surface area contributed by atoms with Gasteiger partial charge in [0.2, 0.25) is 0 Å². The van der Waals surface area contributed by atoms with E-state index < -0.39 is 0 Å². The van der Waals surface area contributed by atoms with Gasteiger partial charge in [-0.25, -0.2) is 0 Å². The first-order chi connectivity index (χ1) is 8.10. The van der Waals surface area contributed by atoms with Crippen LogP contribution in [0.25, 0.3) is 0 Å². The fourth-order valence-electron chi connectivity index (χ4n) is 1.96. The Bertz CT molecular complexity index is 203. The van der Waals surface area contributed by atoms with Crippen molar-refractivity contribution in [3.63, 3.8) is 0 Å². The summed E-state index contributed by atoms with van der Waals surface area (Å²) in [7, 11) is 1.75. The van der Waals surface area contributed by atoms with Crippen LogP contribution in [-0.4, -0.2) is 51.7 Å². The normalized spacial score (nSPS) is 22.9. The first kappa shape index (κ1) is 14.9. The number of rotatable bonds is 8. The molecule has 0 amide bonds. The van der Waals surface area contributed by atoms with Gasteiger partial charge in [-0.15, -0.1) is 0 Å². The summed E-state index contributed by atoms with van der Waals surface area (Å²) in [4.78, 5) is 0. The van der Waals surface area contributed by atoms with Crippen LogP contribution in [0.3, 0.4) is 0 Å². The zero-order chi connectivity index (χ0) is 12.7. The highest BCUT2D eigenvalue weighted by Crippen LogP contribution is 2.16. The Morgan fingerprint density at radius 1 is 1.47 bits per heavy atom. The van der Waals surface area contributed by atoms with Gasteiger partial charge in [-0.05, 0) is 26.8 Å². The molecule has 2 unspecified atom stereocenters. The van der Waals surface area contributed by atoms with E-state index in [0.29, 0.717) is 12.5 Å². The van der Waals surface area contributed by atoms with E-state index in [2.05, 4.69) is 26.1 Å². The van der Waals surface area contributed by atoms with Gasteiger partial charge in [0.15, 0.2) is 0 Å². The van der Waals surface area contributed by atoms with Gasteiger partial charge >= 0.3 is 0 Å². The SMILES string of the molecule is CCNC(COCC1CCOC1)C(C)(C)OC. The van der Waals surface area contributed by atoms with E-state index in [9.17, 15) is 0 Å². The van der Waals surface area contributed by atoms with Crippen molar-refractivity contribution in [2.75, 3.05) is 40.1 Å². The summed E-state index contributed by atoms with van der Waals surface area (Å²) >= 11 is 0. The molecule has 1 aliphatic heterocycles. The lowest BCUT2D eigenvalue weighted by Crippen LogP contribution is -2.51. The lowest BCUT2D eigenvalue weighted by atomic mass is 9.99. The summed E-state index contributed by atoms with van der Waals surface area (Å²) in [5.74, 6) is 0.572. The smallest absolute Gasteiger partial charge is 0.0797 e. The molecule has 2 atom stereocenters. The van der Waals surface area contributed by atoms with Crippen LogP contribution in [0.4, 0.5) is 0 Å². The topological polar surface area (TPSA) is 39.7 Å². The maximum atomic E-state index is 5.80. The Balaban J connectivity index is 2.28. The Labute approximate surface area is 105 Å². The van der Waals surface area contributed by atoms with Crippen LogP contribution in [0.2, 0.25) is 0 Å². The molecule has 1 fully saturated rings. The molecular formula is C13H27NO3. The molecule has 1 saturated heterocycles. The van der Waals surface area contributed by atoms with Crippen molar-refractivity contribution in [2.24, 2.45) is 5.92 Å². The molecule has 102 valence electrons. The number of likely N-dealkylation sites (N-methyl/N-ethyl adjacent to an activating group) is 1. The second kappa shape index (κ2) is 7.31. The van der Waals surface area contributed by atoms with Crippen molar-refractivity contribution in [2.45, 2.75) is 38.8 Å². The van der Waals surface area contributed by atoms with Crippen molar-refractivity contribution < 1.29 is 14.2 Å². The average molecular weight is 245 g/mol. The van der Waals surface area contributed by atoms with E-state index >= 15 is 0 Å². The highest BCUT2D eigenvalue weighted by atomic mass is 16.5. The minimum Gasteiger partial charge on any atom is -0.381 e. The molecule has 0 saturated carbocycles. The van der Waals surface area contributed by atoms with Gasteiger partial charge in [0, 0.05) is 19.6 Å². The molecule has 4 nitrogen and oxygen atoms in total.